The molecule has 0 saturated carbocycles. The predicted molar refractivity (Wildman–Crippen MR) is 111 cm³/mol. The van der Waals surface area contributed by atoms with E-state index in [2.05, 4.69) is 20.0 Å². The second kappa shape index (κ2) is 8.78. The highest BCUT2D eigenvalue weighted by atomic mass is 32.2. The second-order valence-electron chi connectivity index (χ2n) is 6.47. The zero-order valence-corrected chi connectivity index (χ0v) is 16.8. The van der Waals surface area contributed by atoms with Crippen LogP contribution in [0.4, 0.5) is 8.78 Å². The topological polar surface area (TPSA) is 75.0 Å². The molecule has 2 aromatic heterocycles. The molecule has 30 heavy (non-hydrogen) atoms. The molecule has 4 aromatic rings. The molecular weight excluding hydrogens is 410 g/mol. The third kappa shape index (κ3) is 4.13. The van der Waals surface area contributed by atoms with Crippen molar-refractivity contribution in [3.05, 3.63) is 72.9 Å². The van der Waals surface area contributed by atoms with Crippen LogP contribution in [0.2, 0.25) is 0 Å². The average Bonchev–Trinajstić information content (AvgIpc) is 3.11. The highest BCUT2D eigenvalue weighted by Crippen LogP contribution is 2.31. The van der Waals surface area contributed by atoms with Crippen molar-refractivity contribution in [2.75, 3.05) is 7.05 Å². The molecule has 0 bridgehead atoms. The summed E-state index contributed by atoms with van der Waals surface area (Å²) >= 11 is -1.66. The number of nitrogens with one attached hydrogen (secondary N) is 1. The van der Waals surface area contributed by atoms with E-state index in [0.29, 0.717) is 11.4 Å². The molecule has 0 saturated heterocycles. The van der Waals surface area contributed by atoms with Crippen LogP contribution in [0.1, 0.15) is 5.56 Å². The summed E-state index contributed by atoms with van der Waals surface area (Å²) in [5.74, 6) is -0.0371. The molecule has 1 unspecified atom stereocenters. The molecule has 0 radical (unpaired) electrons. The van der Waals surface area contributed by atoms with E-state index in [0.717, 1.165) is 27.6 Å². The van der Waals surface area contributed by atoms with Crippen LogP contribution in [-0.2, 0) is 17.9 Å². The molecule has 1 atom stereocenters. The van der Waals surface area contributed by atoms with Crippen molar-refractivity contribution in [1.29, 1.82) is 0 Å². The van der Waals surface area contributed by atoms with Crippen LogP contribution in [0.25, 0.3) is 22.0 Å². The summed E-state index contributed by atoms with van der Waals surface area (Å²) in [6.07, 6.45) is 6.68. The van der Waals surface area contributed by atoms with Crippen molar-refractivity contribution in [2.24, 2.45) is 0 Å². The average molecular weight is 428 g/mol. The Morgan fingerprint density at radius 1 is 1.13 bits per heavy atom. The maximum atomic E-state index is 13.3. The molecule has 1 N–H and O–H groups in total. The SMILES string of the molecule is CNCc1cn([S+]([O-])c2cccc(OC(F)F)c2)c2cc(-c3cncnc3)ccc12. The highest BCUT2D eigenvalue weighted by molar-refractivity contribution is 7.90. The maximum Gasteiger partial charge on any atom is 0.387 e. The van der Waals surface area contributed by atoms with Crippen LogP contribution in [0, 0.1) is 0 Å². The first-order valence-corrected chi connectivity index (χ1v) is 10.2. The molecular formula is C21H18F2N4O2S. The van der Waals surface area contributed by atoms with E-state index in [-0.39, 0.29) is 5.75 Å². The number of fused-ring (bicyclic) bond motifs is 1. The van der Waals surface area contributed by atoms with E-state index in [1.165, 1.54) is 24.5 Å². The van der Waals surface area contributed by atoms with Crippen molar-refractivity contribution in [2.45, 2.75) is 18.1 Å². The number of benzene rings is 2. The van der Waals surface area contributed by atoms with Crippen molar-refractivity contribution in [3.63, 3.8) is 0 Å². The fourth-order valence-corrected chi connectivity index (χ4v) is 4.43. The molecule has 0 aliphatic rings. The lowest BCUT2D eigenvalue weighted by Crippen LogP contribution is -2.13. The number of rotatable bonds is 7. The lowest BCUT2D eigenvalue weighted by molar-refractivity contribution is -0.0499. The Labute approximate surface area is 174 Å². The summed E-state index contributed by atoms with van der Waals surface area (Å²) in [4.78, 5) is 8.46. The minimum Gasteiger partial charge on any atom is -0.587 e. The lowest BCUT2D eigenvalue weighted by Gasteiger charge is -2.13. The molecule has 154 valence electrons. The molecule has 6 nitrogen and oxygen atoms in total. The van der Waals surface area contributed by atoms with Gasteiger partial charge in [-0.05, 0) is 36.4 Å². The smallest absolute Gasteiger partial charge is 0.387 e. The van der Waals surface area contributed by atoms with Gasteiger partial charge >= 0.3 is 6.61 Å². The van der Waals surface area contributed by atoms with Crippen LogP contribution in [0.5, 0.6) is 5.75 Å². The third-order valence-electron chi connectivity index (χ3n) is 4.53. The summed E-state index contributed by atoms with van der Waals surface area (Å²) in [6, 6.07) is 11.8. The van der Waals surface area contributed by atoms with E-state index in [9.17, 15) is 13.3 Å². The fraction of sp³-hybridized carbons (Fsp3) is 0.143. The van der Waals surface area contributed by atoms with Crippen LogP contribution < -0.4 is 10.1 Å². The van der Waals surface area contributed by atoms with Crippen LogP contribution in [-0.4, -0.2) is 32.2 Å². The Bertz CT molecular complexity index is 1150. The molecule has 0 aliphatic heterocycles. The molecule has 4 rings (SSSR count). The van der Waals surface area contributed by atoms with Gasteiger partial charge in [0.2, 0.25) is 0 Å². The second-order valence-corrected chi connectivity index (χ2v) is 7.84. The van der Waals surface area contributed by atoms with E-state index in [4.69, 9.17) is 0 Å². The van der Waals surface area contributed by atoms with Crippen LogP contribution in [0.15, 0.2) is 72.3 Å². The number of hydrogen-bond acceptors (Lipinski definition) is 5. The van der Waals surface area contributed by atoms with Gasteiger partial charge in [0.05, 0.1) is 11.7 Å². The predicted octanol–water partition coefficient (Wildman–Crippen LogP) is 3.99. The summed E-state index contributed by atoms with van der Waals surface area (Å²) < 4.78 is 44.5. The van der Waals surface area contributed by atoms with Crippen molar-refractivity contribution in [1.82, 2.24) is 19.3 Å². The van der Waals surface area contributed by atoms with E-state index in [1.807, 2.05) is 31.4 Å². The van der Waals surface area contributed by atoms with Gasteiger partial charge in [0.1, 0.15) is 23.4 Å². The minimum atomic E-state index is -2.95. The summed E-state index contributed by atoms with van der Waals surface area (Å²) in [5, 5.41) is 4.05. The van der Waals surface area contributed by atoms with Gasteiger partial charge in [-0.15, -0.1) is 0 Å². The standard InChI is InChI=1S/C21H18F2N4O2S/c1-24-9-16-12-27(30(28)18-4-2-3-17(8-18)29-21(22)23)20-7-14(5-6-19(16)20)15-10-25-13-26-11-15/h2-8,10-13,21,24H,9H2,1H3. The van der Waals surface area contributed by atoms with E-state index < -0.39 is 18.0 Å². The minimum absolute atomic E-state index is 0.0371. The van der Waals surface area contributed by atoms with E-state index >= 15 is 0 Å². The Kier molecular flexibility index (Phi) is 5.93. The fourth-order valence-electron chi connectivity index (χ4n) is 3.23. The monoisotopic (exact) mass is 428 g/mol. The number of nitrogens with zero attached hydrogens (tertiary/aromatic N) is 3. The van der Waals surface area contributed by atoms with Gasteiger partial charge in [0.25, 0.3) is 0 Å². The molecule has 9 heteroatoms. The molecule has 2 heterocycles. The summed E-state index contributed by atoms with van der Waals surface area (Å²) in [7, 11) is 1.83. The Morgan fingerprint density at radius 3 is 2.67 bits per heavy atom. The van der Waals surface area contributed by atoms with Crippen LogP contribution >= 0.6 is 0 Å². The molecule has 0 amide bonds. The van der Waals surface area contributed by atoms with Crippen molar-refractivity contribution >= 4 is 22.3 Å². The first kappa shape index (κ1) is 20.3. The van der Waals surface area contributed by atoms with Gasteiger partial charge in [-0.25, -0.2) is 9.97 Å². The number of halogens is 2. The van der Waals surface area contributed by atoms with Gasteiger partial charge in [0.15, 0.2) is 4.90 Å². The summed E-state index contributed by atoms with van der Waals surface area (Å²) in [5.41, 5.74) is 3.43. The van der Waals surface area contributed by atoms with Gasteiger partial charge in [-0.3, -0.25) is 0 Å². The Hall–Kier alpha value is -3.01. The number of aromatic nitrogens is 3. The Morgan fingerprint density at radius 2 is 1.93 bits per heavy atom. The quantitative estimate of drug-likeness (QED) is 0.451. The zero-order valence-electron chi connectivity index (χ0n) is 16.0. The lowest BCUT2D eigenvalue weighted by atomic mass is 10.1. The van der Waals surface area contributed by atoms with Gasteiger partial charge in [-0.1, -0.05) is 18.2 Å². The largest absolute Gasteiger partial charge is 0.587 e. The number of ether oxygens (including phenoxy) is 1. The third-order valence-corrected chi connectivity index (χ3v) is 5.84. The first-order chi connectivity index (χ1) is 14.6. The molecule has 0 spiro atoms. The van der Waals surface area contributed by atoms with Gasteiger partial charge < -0.3 is 14.6 Å². The number of alkyl halides is 2. The maximum absolute atomic E-state index is 13.3. The van der Waals surface area contributed by atoms with Crippen molar-refractivity contribution < 1.29 is 18.1 Å². The highest BCUT2D eigenvalue weighted by Gasteiger charge is 2.21. The number of hydrogen-bond donors (Lipinski definition) is 1. The first-order valence-electron chi connectivity index (χ1n) is 9.08. The van der Waals surface area contributed by atoms with Crippen LogP contribution in [0.3, 0.4) is 0 Å². The normalized spacial score (nSPS) is 12.4. The molecule has 0 aliphatic carbocycles. The Balaban J connectivity index is 1.80. The molecule has 2 aromatic carbocycles. The summed E-state index contributed by atoms with van der Waals surface area (Å²) in [6.45, 7) is -2.36. The van der Waals surface area contributed by atoms with E-state index in [1.54, 1.807) is 22.4 Å². The van der Waals surface area contributed by atoms with Gasteiger partial charge in [-0.2, -0.15) is 12.8 Å². The molecule has 0 fully saturated rings. The zero-order chi connectivity index (χ0) is 21.1. The van der Waals surface area contributed by atoms with Gasteiger partial charge in [0, 0.05) is 36.0 Å². The van der Waals surface area contributed by atoms with Crippen molar-refractivity contribution in [3.8, 4) is 16.9 Å².